The fourth-order valence-corrected chi connectivity index (χ4v) is 4.72. The third-order valence-electron chi connectivity index (χ3n) is 4.17. The van der Waals surface area contributed by atoms with Gasteiger partial charge in [-0.25, -0.2) is 16.8 Å². The molecule has 198 valence electrons. The highest BCUT2D eigenvalue weighted by atomic mass is 32.3. The fraction of sp³-hybridized carbons (Fsp3) is 0.824. The summed E-state index contributed by atoms with van der Waals surface area (Å²) in [4.78, 5) is 11.1. The highest BCUT2D eigenvalue weighted by Gasteiger charge is 2.46. The Hall–Kier alpha value is -1.39. The second-order valence-electron chi connectivity index (χ2n) is 7.00. The number of amides is 1. The summed E-state index contributed by atoms with van der Waals surface area (Å²) in [6, 6.07) is 0. The molecule has 0 saturated carbocycles. The Bertz CT molecular complexity index is 753. The Morgan fingerprint density at radius 3 is 1.48 bits per heavy atom. The van der Waals surface area contributed by atoms with Crippen LogP contribution in [-0.2, 0) is 24.8 Å². The zero-order valence-corrected chi connectivity index (χ0v) is 20.3. The number of sulfonamides is 2. The molecule has 0 aromatic rings. The van der Waals surface area contributed by atoms with E-state index in [2.05, 4.69) is 32.7 Å². The Morgan fingerprint density at radius 2 is 1.21 bits per heavy atom. The summed E-state index contributed by atoms with van der Waals surface area (Å²) in [5, 5.41) is 2.86. The summed E-state index contributed by atoms with van der Waals surface area (Å²) in [5.41, 5.74) is -12.4. The van der Waals surface area contributed by atoms with Crippen LogP contribution in [-0.4, -0.2) is 71.0 Å². The highest BCUT2D eigenvalue weighted by molar-refractivity contribution is 8.13. The number of quaternary nitrogens is 1. The zero-order valence-electron chi connectivity index (χ0n) is 18.7. The molecule has 0 radical (unpaired) electrons. The lowest BCUT2D eigenvalue weighted by Gasteiger charge is -2.38. The normalized spacial score (nSPS) is 13.1. The molecule has 0 aliphatic rings. The van der Waals surface area contributed by atoms with Crippen LogP contribution in [0.1, 0.15) is 46.5 Å². The van der Waals surface area contributed by atoms with Crippen molar-refractivity contribution in [2.45, 2.75) is 57.5 Å². The Morgan fingerprint density at radius 1 is 0.848 bits per heavy atom. The first-order valence-electron chi connectivity index (χ1n) is 9.96. The van der Waals surface area contributed by atoms with Crippen LogP contribution in [0.25, 0.3) is 4.13 Å². The van der Waals surface area contributed by atoms with Gasteiger partial charge < -0.3 is 13.9 Å². The molecule has 0 fully saturated rings. The van der Waals surface area contributed by atoms with E-state index in [1.807, 2.05) is 0 Å². The van der Waals surface area contributed by atoms with Gasteiger partial charge in [0.1, 0.15) is 0 Å². The SMILES string of the molecule is C=CC(=O)NCCC[N+](CCC)(CCC)CCC.O=S(=O)([N-]S(=O)(=O)C(F)(F)F)C(F)(F)F. The molecule has 8 nitrogen and oxygen atoms in total. The van der Waals surface area contributed by atoms with Crippen molar-refractivity contribution in [1.82, 2.24) is 5.32 Å². The molecule has 16 heteroatoms. The average molecular weight is 536 g/mol. The largest absolute Gasteiger partial charge is 0.480 e. The minimum absolute atomic E-state index is 0.0606. The number of carbonyl (C=O) groups excluding carboxylic acids is 1. The summed E-state index contributed by atoms with van der Waals surface area (Å²) in [6.45, 7) is 16.0. The molecule has 0 aromatic carbocycles. The van der Waals surface area contributed by atoms with E-state index in [0.717, 1.165) is 17.1 Å². The summed E-state index contributed by atoms with van der Waals surface area (Å²) < 4.78 is 110. The minimum Gasteiger partial charge on any atom is -0.421 e. The minimum atomic E-state index is -6.72. The summed E-state index contributed by atoms with van der Waals surface area (Å²) in [6.07, 6.45) is 6.10. The third kappa shape index (κ3) is 12.6. The van der Waals surface area contributed by atoms with Crippen molar-refractivity contribution in [3.05, 3.63) is 16.8 Å². The predicted molar refractivity (Wildman–Crippen MR) is 112 cm³/mol. The van der Waals surface area contributed by atoms with Gasteiger partial charge in [-0.05, 0) is 25.3 Å². The van der Waals surface area contributed by atoms with Crippen molar-refractivity contribution in [2.24, 2.45) is 0 Å². The maximum atomic E-state index is 11.4. The summed E-state index contributed by atoms with van der Waals surface area (Å²) in [5.74, 6) is -0.0606. The number of carbonyl (C=O) groups is 1. The van der Waals surface area contributed by atoms with Gasteiger partial charge in [0.15, 0.2) is 20.0 Å². The molecule has 0 heterocycles. The van der Waals surface area contributed by atoms with Gasteiger partial charge in [-0.3, -0.25) is 4.79 Å². The van der Waals surface area contributed by atoms with E-state index in [4.69, 9.17) is 0 Å². The van der Waals surface area contributed by atoms with E-state index in [1.54, 1.807) is 0 Å². The van der Waals surface area contributed by atoms with E-state index < -0.39 is 31.1 Å². The second kappa shape index (κ2) is 14.1. The van der Waals surface area contributed by atoms with Crippen LogP contribution in [0.4, 0.5) is 26.3 Å². The Labute approximate surface area is 191 Å². The first-order valence-corrected chi connectivity index (χ1v) is 12.8. The van der Waals surface area contributed by atoms with Crippen molar-refractivity contribution >= 4 is 26.0 Å². The van der Waals surface area contributed by atoms with Crippen LogP contribution >= 0.6 is 0 Å². The van der Waals surface area contributed by atoms with Crippen LogP contribution in [0.15, 0.2) is 12.7 Å². The van der Waals surface area contributed by atoms with Gasteiger partial charge in [0, 0.05) is 13.0 Å². The van der Waals surface area contributed by atoms with E-state index in [-0.39, 0.29) is 5.91 Å². The Balaban J connectivity index is 0. The highest BCUT2D eigenvalue weighted by Crippen LogP contribution is 2.36. The monoisotopic (exact) mass is 535 g/mol. The van der Waals surface area contributed by atoms with Gasteiger partial charge in [0.05, 0.1) is 26.2 Å². The van der Waals surface area contributed by atoms with Crippen LogP contribution in [0.3, 0.4) is 0 Å². The van der Waals surface area contributed by atoms with Gasteiger partial charge in [0.25, 0.3) is 0 Å². The number of hydrogen-bond donors (Lipinski definition) is 1. The average Bonchev–Trinajstić information content (AvgIpc) is 2.63. The van der Waals surface area contributed by atoms with Crippen molar-refractivity contribution < 1.29 is 52.5 Å². The van der Waals surface area contributed by atoms with Crippen LogP contribution in [0.2, 0.25) is 0 Å². The second-order valence-corrected chi connectivity index (χ2v) is 10.4. The molecule has 0 saturated heterocycles. The smallest absolute Gasteiger partial charge is 0.421 e. The quantitative estimate of drug-likeness (QED) is 0.167. The number of nitrogens with zero attached hydrogens (tertiary/aromatic N) is 2. The van der Waals surface area contributed by atoms with Crippen LogP contribution < -0.4 is 5.32 Å². The lowest BCUT2D eigenvalue weighted by Crippen LogP contribution is -2.51. The molecule has 0 atom stereocenters. The Kier molecular flexibility index (Phi) is 14.4. The van der Waals surface area contributed by atoms with Gasteiger partial charge >= 0.3 is 11.0 Å². The lowest BCUT2D eigenvalue weighted by molar-refractivity contribution is -0.928. The van der Waals surface area contributed by atoms with Crippen molar-refractivity contribution in [1.29, 1.82) is 0 Å². The van der Waals surface area contributed by atoms with E-state index in [1.165, 1.54) is 56.0 Å². The van der Waals surface area contributed by atoms with Gasteiger partial charge in [0.2, 0.25) is 5.91 Å². The molecule has 0 aromatic heterocycles. The first kappa shape index (κ1) is 33.8. The van der Waals surface area contributed by atoms with E-state index >= 15 is 0 Å². The lowest BCUT2D eigenvalue weighted by atomic mass is 10.2. The van der Waals surface area contributed by atoms with Crippen LogP contribution in [0.5, 0.6) is 0 Å². The molecule has 0 bridgehead atoms. The summed E-state index contributed by atoms with van der Waals surface area (Å²) >= 11 is 0. The molecule has 0 rings (SSSR count). The molecule has 0 spiro atoms. The summed E-state index contributed by atoms with van der Waals surface area (Å²) in [7, 11) is -13.4. The maximum Gasteiger partial charge on any atom is 0.480 e. The third-order valence-corrected chi connectivity index (χ3v) is 6.91. The molecule has 0 unspecified atom stereocenters. The topological polar surface area (TPSA) is 111 Å². The number of rotatable bonds is 13. The standard InChI is InChI=1S/C15H30N2O.C2F6NO4S2/c1-5-11-17(12-6-2,13-7-3)14-9-10-16-15(18)8-4;3-1(4,5)14(10,11)9-15(12,13)2(6,7)8/h8H,4-7,9-14H2,1-3H3;/q;-1/p+1. The molecule has 1 N–H and O–H groups in total. The molecule has 33 heavy (non-hydrogen) atoms. The number of alkyl halides is 6. The van der Waals surface area contributed by atoms with Crippen molar-refractivity contribution in [3.8, 4) is 0 Å². The molecular weight excluding hydrogens is 504 g/mol. The van der Waals surface area contributed by atoms with Crippen molar-refractivity contribution in [2.75, 3.05) is 32.7 Å². The van der Waals surface area contributed by atoms with E-state index in [0.29, 0.717) is 0 Å². The van der Waals surface area contributed by atoms with E-state index in [9.17, 15) is 48.0 Å². The number of halogens is 6. The van der Waals surface area contributed by atoms with Gasteiger partial charge in [-0.15, -0.1) is 0 Å². The van der Waals surface area contributed by atoms with Gasteiger partial charge in [-0.2, -0.15) is 26.3 Å². The zero-order chi connectivity index (χ0) is 26.6. The molecular formula is C17H31F6N3O5S2. The number of nitrogens with one attached hydrogen (secondary N) is 1. The number of hydrogen-bond acceptors (Lipinski definition) is 5. The predicted octanol–water partition coefficient (Wildman–Crippen LogP) is 3.78. The van der Waals surface area contributed by atoms with Crippen molar-refractivity contribution in [3.63, 3.8) is 0 Å². The molecule has 1 amide bonds. The van der Waals surface area contributed by atoms with Crippen LogP contribution in [0, 0.1) is 0 Å². The molecule has 0 aliphatic heterocycles. The maximum absolute atomic E-state index is 11.4. The van der Waals surface area contributed by atoms with Gasteiger partial charge in [-0.1, -0.05) is 27.4 Å². The molecule has 0 aliphatic carbocycles. The fourth-order valence-electron chi connectivity index (χ4n) is 3.01. The first-order chi connectivity index (χ1) is 14.8.